The summed E-state index contributed by atoms with van der Waals surface area (Å²) in [5.74, 6) is 0.313. The zero-order chi connectivity index (χ0) is 14.7. The highest BCUT2D eigenvalue weighted by Crippen LogP contribution is 2.24. The Bertz CT molecular complexity index is 750. The van der Waals surface area contributed by atoms with Crippen LogP contribution in [0.15, 0.2) is 46.7 Å². The van der Waals surface area contributed by atoms with Gasteiger partial charge in [-0.25, -0.2) is 0 Å². The van der Waals surface area contributed by atoms with Crippen molar-refractivity contribution >= 4 is 17.2 Å². The maximum atomic E-state index is 12.0. The highest BCUT2D eigenvalue weighted by atomic mass is 32.1. The standard InChI is InChI=1S/C15H13N3O2S/c1-10-13(9-18-20-10)15(19)17-7-11-5-12(8-16-6-11)14-3-2-4-21-14/h2-6,8-9H,7H2,1H3,(H,17,19). The number of carbonyl (C=O) groups is 1. The van der Waals surface area contributed by atoms with E-state index in [2.05, 4.69) is 15.5 Å². The Morgan fingerprint density at radius 2 is 2.29 bits per heavy atom. The normalized spacial score (nSPS) is 10.5. The molecule has 0 spiro atoms. The molecule has 0 fully saturated rings. The maximum absolute atomic E-state index is 12.0. The van der Waals surface area contributed by atoms with Crippen molar-refractivity contribution in [2.24, 2.45) is 0 Å². The van der Waals surface area contributed by atoms with Crippen LogP contribution in [0.1, 0.15) is 21.7 Å². The maximum Gasteiger partial charge on any atom is 0.256 e. The predicted octanol–water partition coefficient (Wildman–Crippen LogP) is 3.04. The fraction of sp³-hybridized carbons (Fsp3) is 0.133. The van der Waals surface area contributed by atoms with Crippen LogP contribution >= 0.6 is 11.3 Å². The van der Waals surface area contributed by atoms with Crippen LogP contribution in [0.5, 0.6) is 0 Å². The van der Waals surface area contributed by atoms with E-state index in [1.54, 1.807) is 24.5 Å². The Morgan fingerprint density at radius 3 is 3.00 bits per heavy atom. The van der Waals surface area contributed by atoms with Gasteiger partial charge in [0.1, 0.15) is 11.3 Å². The average Bonchev–Trinajstić information content (AvgIpc) is 3.16. The highest BCUT2D eigenvalue weighted by Gasteiger charge is 2.12. The topological polar surface area (TPSA) is 68.0 Å². The summed E-state index contributed by atoms with van der Waals surface area (Å²) >= 11 is 1.66. The first kappa shape index (κ1) is 13.5. The van der Waals surface area contributed by atoms with Crippen LogP contribution in [0, 0.1) is 6.92 Å². The van der Waals surface area contributed by atoms with Gasteiger partial charge in [-0.2, -0.15) is 0 Å². The zero-order valence-electron chi connectivity index (χ0n) is 11.4. The van der Waals surface area contributed by atoms with Gasteiger partial charge in [0.15, 0.2) is 0 Å². The summed E-state index contributed by atoms with van der Waals surface area (Å²) in [5.41, 5.74) is 2.46. The van der Waals surface area contributed by atoms with E-state index < -0.39 is 0 Å². The molecule has 21 heavy (non-hydrogen) atoms. The predicted molar refractivity (Wildman–Crippen MR) is 80.0 cm³/mol. The number of thiophene rings is 1. The van der Waals surface area contributed by atoms with Gasteiger partial charge in [-0.1, -0.05) is 11.2 Å². The van der Waals surface area contributed by atoms with Gasteiger partial charge in [0.05, 0.1) is 6.20 Å². The second kappa shape index (κ2) is 5.88. The Labute approximate surface area is 125 Å². The molecule has 0 aliphatic carbocycles. The highest BCUT2D eigenvalue weighted by molar-refractivity contribution is 7.13. The molecule has 3 aromatic rings. The third-order valence-electron chi connectivity index (χ3n) is 3.05. The molecule has 1 N–H and O–H groups in total. The monoisotopic (exact) mass is 299 g/mol. The quantitative estimate of drug-likeness (QED) is 0.804. The number of nitrogens with zero attached hydrogens (tertiary/aromatic N) is 2. The first-order valence-electron chi connectivity index (χ1n) is 6.41. The van der Waals surface area contributed by atoms with E-state index in [4.69, 9.17) is 4.52 Å². The number of aromatic nitrogens is 2. The molecule has 0 bridgehead atoms. The van der Waals surface area contributed by atoms with Crippen molar-refractivity contribution in [2.75, 3.05) is 0 Å². The molecule has 0 aliphatic rings. The average molecular weight is 299 g/mol. The van der Waals surface area contributed by atoms with Crippen molar-refractivity contribution in [1.29, 1.82) is 0 Å². The van der Waals surface area contributed by atoms with Gasteiger partial charge < -0.3 is 9.84 Å². The third-order valence-corrected chi connectivity index (χ3v) is 3.97. The Hall–Kier alpha value is -2.47. The molecule has 0 unspecified atom stereocenters. The van der Waals surface area contributed by atoms with Crippen LogP contribution in [0.3, 0.4) is 0 Å². The molecule has 3 aromatic heterocycles. The molecule has 106 valence electrons. The van der Waals surface area contributed by atoms with Crippen molar-refractivity contribution in [3.05, 3.63) is 59.1 Å². The molecule has 1 amide bonds. The Kier molecular flexibility index (Phi) is 3.79. The minimum absolute atomic E-state index is 0.199. The van der Waals surface area contributed by atoms with Gasteiger partial charge in [-0.3, -0.25) is 9.78 Å². The number of hydrogen-bond acceptors (Lipinski definition) is 5. The number of amides is 1. The van der Waals surface area contributed by atoms with Crippen LogP contribution in [0.4, 0.5) is 0 Å². The second-order valence-electron chi connectivity index (χ2n) is 4.54. The van der Waals surface area contributed by atoms with E-state index in [-0.39, 0.29) is 5.91 Å². The number of rotatable bonds is 4. The molecule has 0 atom stereocenters. The minimum atomic E-state index is -0.199. The summed E-state index contributed by atoms with van der Waals surface area (Å²) < 4.78 is 4.88. The SMILES string of the molecule is Cc1oncc1C(=O)NCc1cncc(-c2cccs2)c1. The van der Waals surface area contributed by atoms with E-state index >= 15 is 0 Å². The van der Waals surface area contributed by atoms with Gasteiger partial charge in [0, 0.05) is 29.4 Å². The van der Waals surface area contributed by atoms with E-state index in [1.165, 1.54) is 6.20 Å². The summed E-state index contributed by atoms with van der Waals surface area (Å²) in [6.07, 6.45) is 4.99. The minimum Gasteiger partial charge on any atom is -0.361 e. The number of aryl methyl sites for hydroxylation is 1. The molecule has 3 rings (SSSR count). The lowest BCUT2D eigenvalue weighted by atomic mass is 10.1. The van der Waals surface area contributed by atoms with E-state index in [0.29, 0.717) is 17.9 Å². The molecular weight excluding hydrogens is 286 g/mol. The van der Waals surface area contributed by atoms with Crippen molar-refractivity contribution in [3.8, 4) is 10.4 Å². The van der Waals surface area contributed by atoms with Gasteiger partial charge in [-0.15, -0.1) is 11.3 Å². The summed E-state index contributed by atoms with van der Waals surface area (Å²) in [6.45, 7) is 2.12. The zero-order valence-corrected chi connectivity index (χ0v) is 12.2. The third kappa shape index (κ3) is 3.00. The van der Waals surface area contributed by atoms with Crippen LogP contribution in [0.25, 0.3) is 10.4 Å². The van der Waals surface area contributed by atoms with Crippen LogP contribution in [-0.4, -0.2) is 16.0 Å². The van der Waals surface area contributed by atoms with Crippen LogP contribution < -0.4 is 5.32 Å². The Balaban J connectivity index is 1.70. The number of nitrogens with one attached hydrogen (secondary N) is 1. The van der Waals surface area contributed by atoms with Crippen LogP contribution in [0.2, 0.25) is 0 Å². The first-order valence-corrected chi connectivity index (χ1v) is 7.29. The molecule has 0 saturated carbocycles. The van der Waals surface area contributed by atoms with Gasteiger partial charge >= 0.3 is 0 Å². The number of hydrogen-bond donors (Lipinski definition) is 1. The summed E-state index contributed by atoms with van der Waals surface area (Å²) in [5, 5.41) is 8.46. The van der Waals surface area contributed by atoms with Gasteiger partial charge in [0.2, 0.25) is 0 Å². The smallest absolute Gasteiger partial charge is 0.256 e. The molecule has 5 nitrogen and oxygen atoms in total. The van der Waals surface area contributed by atoms with Crippen molar-refractivity contribution in [3.63, 3.8) is 0 Å². The van der Waals surface area contributed by atoms with Gasteiger partial charge in [-0.05, 0) is 30.0 Å². The summed E-state index contributed by atoms with van der Waals surface area (Å²) in [7, 11) is 0. The Morgan fingerprint density at radius 1 is 1.38 bits per heavy atom. The van der Waals surface area contributed by atoms with Crippen LogP contribution in [-0.2, 0) is 6.54 Å². The summed E-state index contributed by atoms with van der Waals surface area (Å²) in [4.78, 5) is 17.4. The lowest BCUT2D eigenvalue weighted by Crippen LogP contribution is -2.23. The van der Waals surface area contributed by atoms with E-state index in [9.17, 15) is 4.79 Å². The second-order valence-corrected chi connectivity index (χ2v) is 5.49. The van der Waals surface area contributed by atoms with Crippen molar-refractivity contribution in [2.45, 2.75) is 13.5 Å². The fourth-order valence-corrected chi connectivity index (χ4v) is 2.66. The van der Waals surface area contributed by atoms with Gasteiger partial charge in [0.25, 0.3) is 5.91 Å². The first-order chi connectivity index (χ1) is 10.2. The molecule has 0 aromatic carbocycles. The van der Waals surface area contributed by atoms with Crippen molar-refractivity contribution in [1.82, 2.24) is 15.5 Å². The largest absolute Gasteiger partial charge is 0.361 e. The van der Waals surface area contributed by atoms with E-state index in [1.807, 2.05) is 29.8 Å². The van der Waals surface area contributed by atoms with E-state index in [0.717, 1.165) is 16.0 Å². The molecule has 6 heteroatoms. The lowest BCUT2D eigenvalue weighted by molar-refractivity contribution is 0.0949. The number of pyridine rings is 1. The molecular formula is C15H13N3O2S. The summed E-state index contributed by atoms with van der Waals surface area (Å²) in [6, 6.07) is 6.08. The molecule has 0 saturated heterocycles. The lowest BCUT2D eigenvalue weighted by Gasteiger charge is -2.05. The fourth-order valence-electron chi connectivity index (χ4n) is 1.96. The van der Waals surface area contributed by atoms with Crippen molar-refractivity contribution < 1.29 is 9.32 Å². The number of carbonyl (C=O) groups excluding carboxylic acids is 1. The molecule has 0 aliphatic heterocycles. The molecule has 0 radical (unpaired) electrons. The molecule has 3 heterocycles.